The van der Waals surface area contributed by atoms with Crippen molar-refractivity contribution in [3.05, 3.63) is 56.9 Å². The number of benzene rings is 2. The molecule has 0 fully saturated rings. The Morgan fingerprint density at radius 3 is 2.61 bits per heavy atom. The molecule has 0 aliphatic rings. The van der Waals surface area contributed by atoms with Gasteiger partial charge in [0.25, 0.3) is 5.56 Å². The van der Waals surface area contributed by atoms with E-state index < -0.39 is 27.7 Å². The number of hydrogen-bond donors (Lipinski definition) is 2. The minimum atomic E-state index is -0.838. The van der Waals surface area contributed by atoms with Crippen LogP contribution in [0.15, 0.2) is 41.2 Å². The van der Waals surface area contributed by atoms with E-state index in [1.807, 2.05) is 12.1 Å². The number of nitro groups is 1. The summed E-state index contributed by atoms with van der Waals surface area (Å²) in [4.78, 5) is 27.8. The highest BCUT2D eigenvalue weighted by molar-refractivity contribution is 5.79. The highest BCUT2D eigenvalue weighted by atomic mass is 16.6. The van der Waals surface area contributed by atoms with Crippen LogP contribution in [0.25, 0.3) is 22.3 Å². The monoisotopic (exact) mass is 383 g/mol. The Morgan fingerprint density at radius 2 is 1.89 bits per heavy atom. The van der Waals surface area contributed by atoms with Crippen molar-refractivity contribution >= 4 is 16.7 Å². The first-order chi connectivity index (χ1) is 13.4. The number of aryl methyl sites for hydroxylation is 1. The first-order valence-corrected chi connectivity index (χ1v) is 9.14. The second-order valence-electron chi connectivity index (χ2n) is 6.59. The summed E-state index contributed by atoms with van der Waals surface area (Å²) in [6.45, 7) is 2.61. The van der Waals surface area contributed by atoms with E-state index in [0.717, 1.165) is 37.8 Å². The molecule has 1 heterocycles. The maximum absolute atomic E-state index is 13.1. The summed E-state index contributed by atoms with van der Waals surface area (Å²) < 4.78 is 1.61. The molecule has 0 amide bonds. The highest BCUT2D eigenvalue weighted by Gasteiger charge is 2.22. The predicted molar refractivity (Wildman–Crippen MR) is 106 cm³/mol. The molecule has 0 aliphatic heterocycles. The third-order valence-corrected chi connectivity index (χ3v) is 4.63. The second-order valence-corrected chi connectivity index (χ2v) is 6.59. The maximum Gasteiger partial charge on any atom is 0.315 e. The number of nitrogens with zero attached hydrogens (tertiary/aromatic N) is 3. The van der Waals surface area contributed by atoms with E-state index in [0.29, 0.717) is 17.6 Å². The van der Waals surface area contributed by atoms with E-state index >= 15 is 0 Å². The molecule has 146 valence electrons. The highest BCUT2D eigenvalue weighted by Crippen LogP contribution is 2.38. The van der Waals surface area contributed by atoms with Crippen molar-refractivity contribution in [2.24, 2.45) is 0 Å². The van der Waals surface area contributed by atoms with Gasteiger partial charge in [0.2, 0.25) is 5.75 Å². The van der Waals surface area contributed by atoms with Gasteiger partial charge in [0, 0.05) is 18.2 Å². The first-order valence-electron chi connectivity index (χ1n) is 9.14. The van der Waals surface area contributed by atoms with Crippen molar-refractivity contribution in [3.63, 3.8) is 0 Å². The van der Waals surface area contributed by atoms with Crippen LogP contribution in [0, 0.1) is 10.1 Å². The molecule has 0 atom stereocenters. The Kier molecular flexibility index (Phi) is 5.58. The molecule has 0 unspecified atom stereocenters. The molecule has 0 spiro atoms. The van der Waals surface area contributed by atoms with Crippen molar-refractivity contribution in [2.75, 3.05) is 0 Å². The molecule has 8 heteroatoms. The van der Waals surface area contributed by atoms with Gasteiger partial charge >= 0.3 is 5.69 Å². The van der Waals surface area contributed by atoms with Gasteiger partial charge < -0.3 is 14.8 Å². The molecule has 3 aromatic rings. The number of para-hydroxylation sites is 2. The largest absolute Gasteiger partial charge is 0.504 e. The lowest BCUT2D eigenvalue weighted by molar-refractivity contribution is -0.385. The zero-order chi connectivity index (χ0) is 20.3. The predicted octanol–water partition coefficient (Wildman–Crippen LogP) is 3.96. The molecular formula is C20H21N3O5. The molecule has 3 rings (SSSR count). The molecule has 0 aliphatic carbocycles. The molecule has 28 heavy (non-hydrogen) atoms. The Labute approximate surface area is 160 Å². The summed E-state index contributed by atoms with van der Waals surface area (Å²) in [5.41, 5.74) is 0.258. The third-order valence-electron chi connectivity index (χ3n) is 4.63. The van der Waals surface area contributed by atoms with Gasteiger partial charge in [-0.05, 0) is 24.6 Å². The summed E-state index contributed by atoms with van der Waals surface area (Å²) in [6.07, 6.45) is 3.96. The fourth-order valence-electron chi connectivity index (χ4n) is 3.18. The van der Waals surface area contributed by atoms with Crippen molar-refractivity contribution < 1.29 is 15.1 Å². The Balaban J connectivity index is 2.18. The van der Waals surface area contributed by atoms with Crippen LogP contribution >= 0.6 is 0 Å². The fourth-order valence-corrected chi connectivity index (χ4v) is 3.18. The number of hydrogen-bond acceptors (Lipinski definition) is 6. The topological polar surface area (TPSA) is 118 Å². The van der Waals surface area contributed by atoms with Crippen LogP contribution in [-0.2, 0) is 6.54 Å². The van der Waals surface area contributed by atoms with Crippen molar-refractivity contribution in [1.29, 1.82) is 0 Å². The summed E-state index contributed by atoms with van der Waals surface area (Å²) in [6, 6.07) is 9.35. The third kappa shape index (κ3) is 3.66. The van der Waals surface area contributed by atoms with E-state index in [-0.39, 0.29) is 11.3 Å². The number of aromatic nitrogens is 2. The average Bonchev–Trinajstić information content (AvgIpc) is 2.68. The van der Waals surface area contributed by atoms with E-state index in [4.69, 9.17) is 0 Å². The van der Waals surface area contributed by atoms with Gasteiger partial charge in [0.1, 0.15) is 5.69 Å². The minimum absolute atomic E-state index is 0.00686. The zero-order valence-corrected chi connectivity index (χ0v) is 15.5. The number of nitro benzene ring substituents is 1. The molecule has 1 aromatic heterocycles. The Bertz CT molecular complexity index is 1090. The van der Waals surface area contributed by atoms with Crippen LogP contribution in [0.4, 0.5) is 5.69 Å². The van der Waals surface area contributed by atoms with Crippen LogP contribution in [0.2, 0.25) is 0 Å². The molecule has 0 bridgehead atoms. The summed E-state index contributed by atoms with van der Waals surface area (Å²) in [5.74, 6) is -1.51. The van der Waals surface area contributed by atoms with Gasteiger partial charge in [-0.25, -0.2) is 4.98 Å². The van der Waals surface area contributed by atoms with E-state index in [9.17, 15) is 25.1 Å². The molecule has 0 saturated carbocycles. The van der Waals surface area contributed by atoms with Crippen LogP contribution < -0.4 is 5.56 Å². The lowest BCUT2D eigenvalue weighted by Crippen LogP contribution is -2.24. The Hall–Kier alpha value is -3.42. The van der Waals surface area contributed by atoms with E-state index in [1.165, 1.54) is 0 Å². The summed E-state index contributed by atoms with van der Waals surface area (Å²) >= 11 is 0. The number of phenols is 2. The van der Waals surface area contributed by atoms with E-state index in [1.54, 1.807) is 16.7 Å². The molecule has 2 aromatic carbocycles. The number of fused-ring (bicyclic) bond motifs is 1. The van der Waals surface area contributed by atoms with Gasteiger partial charge in [-0.1, -0.05) is 38.3 Å². The molecular weight excluding hydrogens is 362 g/mol. The fraction of sp³-hybridized carbons (Fsp3) is 0.300. The average molecular weight is 383 g/mol. The molecule has 8 nitrogen and oxygen atoms in total. The molecule has 0 radical (unpaired) electrons. The van der Waals surface area contributed by atoms with Gasteiger partial charge in [-0.15, -0.1) is 0 Å². The van der Waals surface area contributed by atoms with Crippen molar-refractivity contribution in [1.82, 2.24) is 9.55 Å². The zero-order valence-electron chi connectivity index (χ0n) is 15.5. The maximum atomic E-state index is 13.1. The first kappa shape index (κ1) is 19.3. The van der Waals surface area contributed by atoms with Crippen LogP contribution in [0.3, 0.4) is 0 Å². The number of aromatic hydroxyl groups is 2. The summed E-state index contributed by atoms with van der Waals surface area (Å²) in [7, 11) is 0. The standard InChI is InChI=1S/C20H21N3O5/c1-2-3-4-7-10-22-15-9-6-5-8-14(15)21-18(20(22)26)13-11-16(23(27)28)19(25)17(24)12-13/h5-6,8-9,11-12,24-25H,2-4,7,10H2,1H3. The lowest BCUT2D eigenvalue weighted by atomic mass is 10.1. The molecule has 2 N–H and O–H groups in total. The quantitative estimate of drug-likeness (QED) is 0.276. The lowest BCUT2D eigenvalue weighted by Gasteiger charge is -2.13. The van der Waals surface area contributed by atoms with Crippen molar-refractivity contribution in [3.8, 4) is 22.8 Å². The van der Waals surface area contributed by atoms with Crippen LogP contribution in [0.1, 0.15) is 32.6 Å². The van der Waals surface area contributed by atoms with E-state index in [2.05, 4.69) is 11.9 Å². The smallest absolute Gasteiger partial charge is 0.315 e. The van der Waals surface area contributed by atoms with Gasteiger partial charge in [0.15, 0.2) is 5.75 Å². The second kappa shape index (κ2) is 8.08. The molecule has 0 saturated heterocycles. The number of unbranched alkanes of at least 4 members (excludes halogenated alkanes) is 3. The minimum Gasteiger partial charge on any atom is -0.504 e. The van der Waals surface area contributed by atoms with Gasteiger partial charge in [-0.3, -0.25) is 14.9 Å². The number of phenolic OH excluding ortho intramolecular Hbond substituents is 2. The number of rotatable bonds is 7. The Morgan fingerprint density at radius 1 is 1.14 bits per heavy atom. The van der Waals surface area contributed by atoms with Gasteiger partial charge in [-0.2, -0.15) is 0 Å². The SMILES string of the molecule is CCCCCCn1c(=O)c(-c2cc(O)c(O)c([N+](=O)[O-])c2)nc2ccccc21. The summed E-state index contributed by atoms with van der Waals surface area (Å²) in [5, 5.41) is 30.7. The van der Waals surface area contributed by atoms with Crippen molar-refractivity contribution in [2.45, 2.75) is 39.2 Å². The normalized spacial score (nSPS) is 11.0. The van der Waals surface area contributed by atoms with Crippen LogP contribution in [-0.4, -0.2) is 24.7 Å². The van der Waals surface area contributed by atoms with Gasteiger partial charge in [0.05, 0.1) is 16.0 Å². The van der Waals surface area contributed by atoms with Crippen LogP contribution in [0.5, 0.6) is 11.5 Å².